The minimum Gasteiger partial charge on any atom is -0.480 e. The van der Waals surface area contributed by atoms with Gasteiger partial charge in [-0.3, -0.25) is 4.79 Å². The summed E-state index contributed by atoms with van der Waals surface area (Å²) in [4.78, 5) is 22.7. The number of carbonyl (C=O) groups excluding carboxylic acids is 1. The Kier molecular flexibility index (Phi) is 4.68. The number of rotatable bonds is 6. The Balaban J connectivity index is 2.64. The van der Waals surface area contributed by atoms with Crippen LogP contribution in [0, 0.1) is 6.92 Å². The third-order valence-corrected chi connectivity index (χ3v) is 2.45. The van der Waals surface area contributed by atoms with Gasteiger partial charge in [-0.05, 0) is 13.3 Å². The molecule has 2 N–H and O–H groups in total. The van der Waals surface area contributed by atoms with Gasteiger partial charge in [-0.2, -0.15) is 0 Å². The Morgan fingerprint density at radius 3 is 2.76 bits per heavy atom. The van der Waals surface area contributed by atoms with Crippen LogP contribution in [0.2, 0.25) is 0 Å². The van der Waals surface area contributed by atoms with Crippen LogP contribution in [0.3, 0.4) is 0 Å². The number of aromatic nitrogens is 1. The van der Waals surface area contributed by atoms with Gasteiger partial charge < -0.3 is 14.9 Å². The Labute approximate surface area is 99.0 Å². The average Bonchev–Trinajstić information content (AvgIpc) is 2.70. The van der Waals surface area contributed by atoms with Crippen molar-refractivity contribution in [2.75, 3.05) is 0 Å². The monoisotopic (exact) mass is 240 g/mol. The van der Waals surface area contributed by atoms with Crippen molar-refractivity contribution in [1.82, 2.24) is 10.5 Å². The van der Waals surface area contributed by atoms with Gasteiger partial charge in [0.25, 0.3) is 5.91 Å². The molecule has 1 aromatic rings. The maximum absolute atomic E-state index is 11.7. The van der Waals surface area contributed by atoms with Crippen molar-refractivity contribution in [3.05, 3.63) is 17.5 Å². The largest absolute Gasteiger partial charge is 0.480 e. The van der Waals surface area contributed by atoms with Crippen molar-refractivity contribution in [3.8, 4) is 0 Å². The Hall–Kier alpha value is -1.85. The molecular weight excluding hydrogens is 224 g/mol. The second kappa shape index (κ2) is 6.03. The zero-order valence-electron chi connectivity index (χ0n) is 9.90. The molecule has 1 heterocycles. The summed E-state index contributed by atoms with van der Waals surface area (Å²) in [5, 5.41) is 14.9. The van der Waals surface area contributed by atoms with Gasteiger partial charge in [0.2, 0.25) is 0 Å². The summed E-state index contributed by atoms with van der Waals surface area (Å²) in [5.74, 6) is -1.12. The molecule has 94 valence electrons. The molecule has 0 fully saturated rings. The number of amides is 1. The van der Waals surface area contributed by atoms with Gasteiger partial charge in [-0.25, -0.2) is 4.79 Å². The number of hydrogen-bond donors (Lipinski definition) is 2. The normalized spacial score (nSPS) is 12.1. The lowest BCUT2D eigenvalue weighted by Crippen LogP contribution is -2.40. The maximum Gasteiger partial charge on any atom is 0.326 e. The van der Waals surface area contributed by atoms with Gasteiger partial charge >= 0.3 is 5.97 Å². The molecule has 0 saturated heterocycles. The molecule has 1 atom stereocenters. The summed E-state index contributed by atoms with van der Waals surface area (Å²) in [6.45, 7) is 3.56. The Morgan fingerprint density at radius 2 is 2.29 bits per heavy atom. The fraction of sp³-hybridized carbons (Fsp3) is 0.545. The number of carboxylic acids is 1. The predicted octanol–water partition coefficient (Wildman–Crippen LogP) is 1.36. The first-order valence-electron chi connectivity index (χ1n) is 5.51. The van der Waals surface area contributed by atoms with E-state index in [1.54, 1.807) is 6.92 Å². The summed E-state index contributed by atoms with van der Waals surface area (Å²) >= 11 is 0. The van der Waals surface area contributed by atoms with Crippen LogP contribution in [0.5, 0.6) is 0 Å². The molecule has 0 spiro atoms. The maximum atomic E-state index is 11.7. The minimum absolute atomic E-state index is 0.271. The molecule has 1 aromatic heterocycles. The summed E-state index contributed by atoms with van der Waals surface area (Å²) in [5.41, 5.74) is 0.271. The van der Waals surface area contributed by atoms with E-state index in [1.165, 1.54) is 6.20 Å². The molecular formula is C11H16N2O4. The molecule has 0 aliphatic carbocycles. The third kappa shape index (κ3) is 3.58. The van der Waals surface area contributed by atoms with Crippen molar-refractivity contribution in [3.63, 3.8) is 0 Å². The van der Waals surface area contributed by atoms with Crippen LogP contribution in [0.1, 0.15) is 42.3 Å². The lowest BCUT2D eigenvalue weighted by atomic mass is 10.1. The molecule has 0 radical (unpaired) electrons. The quantitative estimate of drug-likeness (QED) is 0.783. The van der Waals surface area contributed by atoms with Crippen LogP contribution in [0.15, 0.2) is 10.7 Å². The summed E-state index contributed by atoms with van der Waals surface area (Å²) in [6.07, 6.45) is 3.33. The van der Waals surface area contributed by atoms with Crippen LogP contribution in [-0.4, -0.2) is 28.2 Å². The lowest BCUT2D eigenvalue weighted by molar-refractivity contribution is -0.139. The minimum atomic E-state index is -1.03. The highest BCUT2D eigenvalue weighted by atomic mass is 16.5. The van der Waals surface area contributed by atoms with Crippen molar-refractivity contribution < 1.29 is 19.2 Å². The molecule has 1 rings (SSSR count). The highest BCUT2D eigenvalue weighted by molar-refractivity contribution is 5.97. The highest BCUT2D eigenvalue weighted by Crippen LogP contribution is 2.07. The fourth-order valence-electron chi connectivity index (χ4n) is 1.42. The van der Waals surface area contributed by atoms with Crippen molar-refractivity contribution >= 4 is 11.9 Å². The van der Waals surface area contributed by atoms with Crippen molar-refractivity contribution in [2.24, 2.45) is 0 Å². The fourth-order valence-corrected chi connectivity index (χ4v) is 1.42. The molecule has 1 amide bonds. The van der Waals surface area contributed by atoms with E-state index < -0.39 is 17.9 Å². The number of nitrogens with zero attached hydrogens (tertiary/aromatic N) is 1. The van der Waals surface area contributed by atoms with Crippen LogP contribution in [0.4, 0.5) is 0 Å². The topological polar surface area (TPSA) is 92.4 Å². The number of carbonyl (C=O) groups is 2. The molecule has 1 unspecified atom stereocenters. The molecule has 0 aliphatic rings. The number of unbranched alkanes of at least 4 members (excludes halogenated alkanes) is 1. The van der Waals surface area contributed by atoms with E-state index in [9.17, 15) is 9.59 Å². The van der Waals surface area contributed by atoms with E-state index >= 15 is 0 Å². The molecule has 0 saturated carbocycles. The van der Waals surface area contributed by atoms with Crippen LogP contribution < -0.4 is 5.32 Å². The summed E-state index contributed by atoms with van der Waals surface area (Å²) < 4.78 is 4.75. The van der Waals surface area contributed by atoms with Gasteiger partial charge in [0.05, 0.1) is 6.20 Å². The van der Waals surface area contributed by atoms with Gasteiger partial charge in [0, 0.05) is 0 Å². The van der Waals surface area contributed by atoms with Gasteiger partial charge in [-0.15, -0.1) is 0 Å². The van der Waals surface area contributed by atoms with Crippen LogP contribution >= 0.6 is 0 Å². The zero-order valence-corrected chi connectivity index (χ0v) is 9.90. The van der Waals surface area contributed by atoms with E-state index in [4.69, 9.17) is 9.63 Å². The zero-order chi connectivity index (χ0) is 12.8. The van der Waals surface area contributed by atoms with Gasteiger partial charge in [0.1, 0.15) is 17.4 Å². The molecule has 0 aliphatic heterocycles. The van der Waals surface area contributed by atoms with E-state index in [0.717, 1.165) is 12.8 Å². The molecule has 17 heavy (non-hydrogen) atoms. The SMILES string of the molecule is CCCCC(NC(=O)c1cnoc1C)C(=O)O. The lowest BCUT2D eigenvalue weighted by Gasteiger charge is -2.13. The third-order valence-electron chi connectivity index (χ3n) is 2.45. The van der Waals surface area contributed by atoms with Crippen LogP contribution in [-0.2, 0) is 4.79 Å². The second-order valence-corrected chi connectivity index (χ2v) is 3.80. The molecule has 0 aromatic carbocycles. The smallest absolute Gasteiger partial charge is 0.326 e. The predicted molar refractivity (Wildman–Crippen MR) is 59.7 cm³/mol. The standard InChI is InChI=1S/C11H16N2O4/c1-3-4-5-9(11(15)16)13-10(14)8-6-12-17-7(8)2/h6,9H,3-5H2,1-2H3,(H,13,14)(H,15,16). The number of aryl methyl sites for hydroxylation is 1. The first kappa shape index (κ1) is 13.2. The van der Waals surface area contributed by atoms with Gasteiger partial charge in [-0.1, -0.05) is 24.9 Å². The summed E-state index contributed by atoms with van der Waals surface area (Å²) in [7, 11) is 0. The number of carboxylic acid groups (broad SMARTS) is 1. The average molecular weight is 240 g/mol. The highest BCUT2D eigenvalue weighted by Gasteiger charge is 2.22. The van der Waals surface area contributed by atoms with Crippen LogP contribution in [0.25, 0.3) is 0 Å². The first-order valence-corrected chi connectivity index (χ1v) is 5.51. The molecule has 6 nitrogen and oxygen atoms in total. The second-order valence-electron chi connectivity index (χ2n) is 3.80. The molecule has 6 heteroatoms. The van der Waals surface area contributed by atoms with E-state index in [-0.39, 0.29) is 5.56 Å². The number of nitrogens with one attached hydrogen (secondary N) is 1. The number of hydrogen-bond acceptors (Lipinski definition) is 4. The van der Waals surface area contributed by atoms with Crippen molar-refractivity contribution in [2.45, 2.75) is 39.2 Å². The van der Waals surface area contributed by atoms with Gasteiger partial charge in [0.15, 0.2) is 0 Å². The Morgan fingerprint density at radius 1 is 1.59 bits per heavy atom. The first-order chi connectivity index (χ1) is 8.06. The van der Waals surface area contributed by atoms with Crippen molar-refractivity contribution in [1.29, 1.82) is 0 Å². The molecule has 0 bridgehead atoms. The summed E-state index contributed by atoms with van der Waals surface area (Å²) in [6, 6.07) is -0.864. The van der Waals surface area contributed by atoms with E-state index in [0.29, 0.717) is 12.2 Å². The van der Waals surface area contributed by atoms with E-state index in [1.807, 2.05) is 6.92 Å². The van der Waals surface area contributed by atoms with E-state index in [2.05, 4.69) is 10.5 Å². The number of aliphatic carboxylic acids is 1. The Bertz CT molecular complexity index is 400.